The van der Waals surface area contributed by atoms with E-state index in [9.17, 15) is 5.11 Å². The lowest BCUT2D eigenvalue weighted by molar-refractivity contribution is 0.115. The molecule has 0 aliphatic carbocycles. The van der Waals surface area contributed by atoms with Crippen molar-refractivity contribution >= 4 is 0 Å². The maximum absolute atomic E-state index is 9.31. The van der Waals surface area contributed by atoms with Crippen LogP contribution in [0.2, 0.25) is 0 Å². The highest BCUT2D eigenvalue weighted by molar-refractivity contribution is 5.53. The normalized spacial score (nSPS) is 19.6. The van der Waals surface area contributed by atoms with Crippen molar-refractivity contribution in [3.05, 3.63) is 42.5 Å². The van der Waals surface area contributed by atoms with Gasteiger partial charge in [0.05, 0.1) is 5.69 Å². The van der Waals surface area contributed by atoms with Crippen molar-refractivity contribution in [2.24, 2.45) is 5.92 Å². The molecule has 5 nitrogen and oxygen atoms in total. The summed E-state index contributed by atoms with van der Waals surface area (Å²) < 4.78 is 0. The van der Waals surface area contributed by atoms with Gasteiger partial charge in [-0.25, -0.2) is 9.97 Å². The number of piperidine rings is 1. The molecule has 0 saturated carbocycles. The van der Waals surface area contributed by atoms with Crippen molar-refractivity contribution in [3.63, 3.8) is 0 Å². The lowest BCUT2D eigenvalue weighted by Gasteiger charge is -2.31. The summed E-state index contributed by atoms with van der Waals surface area (Å²) in [5.41, 5.74) is 2.01. The van der Waals surface area contributed by atoms with Crippen LogP contribution in [0.4, 0.5) is 0 Å². The van der Waals surface area contributed by atoms with E-state index < -0.39 is 0 Å². The molecule has 1 fully saturated rings. The highest BCUT2D eigenvalue weighted by Crippen LogP contribution is 2.18. The first kappa shape index (κ1) is 14.1. The Morgan fingerprint density at radius 2 is 2.05 bits per heavy atom. The highest BCUT2D eigenvalue weighted by Gasteiger charge is 2.19. The van der Waals surface area contributed by atoms with E-state index in [0.29, 0.717) is 5.92 Å². The number of nitrogens with zero attached hydrogens (tertiary/aromatic N) is 4. The maximum Gasteiger partial charge on any atom is 0.159 e. The van der Waals surface area contributed by atoms with Crippen LogP contribution in [-0.4, -0.2) is 44.7 Å². The molecule has 2 aromatic rings. The van der Waals surface area contributed by atoms with E-state index in [2.05, 4.69) is 19.9 Å². The van der Waals surface area contributed by atoms with Gasteiger partial charge >= 0.3 is 0 Å². The second-order valence-corrected chi connectivity index (χ2v) is 5.53. The summed E-state index contributed by atoms with van der Waals surface area (Å²) in [6.07, 6.45) is 7.59. The van der Waals surface area contributed by atoms with Crippen LogP contribution in [0.3, 0.4) is 0 Å². The number of pyridine rings is 1. The van der Waals surface area contributed by atoms with Gasteiger partial charge in [0.2, 0.25) is 0 Å². The summed E-state index contributed by atoms with van der Waals surface area (Å²) in [6.45, 7) is 3.12. The minimum absolute atomic E-state index is 0.280. The van der Waals surface area contributed by atoms with Crippen molar-refractivity contribution < 1.29 is 5.11 Å². The monoisotopic (exact) mass is 284 g/mol. The van der Waals surface area contributed by atoms with Crippen LogP contribution in [0.25, 0.3) is 11.4 Å². The lowest BCUT2D eigenvalue weighted by Crippen LogP contribution is -2.36. The van der Waals surface area contributed by atoms with Gasteiger partial charge in [-0.05, 0) is 43.5 Å². The summed E-state index contributed by atoms with van der Waals surface area (Å²) in [4.78, 5) is 15.4. The number of hydrogen-bond donors (Lipinski definition) is 1. The molecule has 3 rings (SSSR count). The van der Waals surface area contributed by atoms with Crippen LogP contribution in [-0.2, 0) is 6.54 Å². The van der Waals surface area contributed by atoms with Crippen molar-refractivity contribution in [1.82, 2.24) is 19.9 Å². The predicted molar refractivity (Wildman–Crippen MR) is 80.3 cm³/mol. The third kappa shape index (κ3) is 3.62. The first-order valence-electron chi connectivity index (χ1n) is 7.40. The van der Waals surface area contributed by atoms with Gasteiger partial charge in [0.25, 0.3) is 0 Å². The highest BCUT2D eigenvalue weighted by atomic mass is 16.3. The SMILES string of the molecule is OCC1CCCN(Cc2ccnc(-c3ccncc3)n2)C1. The molecule has 21 heavy (non-hydrogen) atoms. The molecule has 1 N–H and O–H groups in total. The molecule has 0 bridgehead atoms. The Balaban J connectivity index is 1.72. The average molecular weight is 284 g/mol. The molecule has 1 aliphatic heterocycles. The van der Waals surface area contributed by atoms with Gasteiger partial charge in [-0.3, -0.25) is 9.88 Å². The second-order valence-electron chi connectivity index (χ2n) is 5.53. The average Bonchev–Trinajstić information content (AvgIpc) is 2.56. The molecule has 0 aromatic carbocycles. The minimum Gasteiger partial charge on any atom is -0.396 e. The first-order chi connectivity index (χ1) is 10.3. The lowest BCUT2D eigenvalue weighted by atomic mass is 9.99. The van der Waals surface area contributed by atoms with Gasteiger partial charge in [0.15, 0.2) is 5.82 Å². The van der Waals surface area contributed by atoms with Crippen LogP contribution in [0.1, 0.15) is 18.5 Å². The van der Waals surface area contributed by atoms with Gasteiger partial charge in [0, 0.05) is 43.9 Å². The Kier molecular flexibility index (Phi) is 4.52. The Bertz CT molecular complexity index is 575. The Labute approximate surface area is 124 Å². The Morgan fingerprint density at radius 1 is 1.19 bits per heavy atom. The molecular formula is C16H20N4O. The van der Waals surface area contributed by atoms with E-state index in [1.54, 1.807) is 12.4 Å². The van der Waals surface area contributed by atoms with Crippen LogP contribution in [0, 0.1) is 5.92 Å². The summed E-state index contributed by atoms with van der Waals surface area (Å²) in [6, 6.07) is 5.80. The summed E-state index contributed by atoms with van der Waals surface area (Å²) >= 11 is 0. The fourth-order valence-electron chi connectivity index (χ4n) is 2.80. The first-order valence-corrected chi connectivity index (χ1v) is 7.40. The summed E-state index contributed by atoms with van der Waals surface area (Å²) in [7, 11) is 0. The standard InChI is InChI=1S/C16H20N4O/c21-12-13-2-1-9-20(10-13)11-15-5-8-18-16(19-15)14-3-6-17-7-4-14/h3-8,13,21H,1-2,9-12H2. The summed E-state index contributed by atoms with van der Waals surface area (Å²) in [5, 5.41) is 9.31. The van der Waals surface area contributed by atoms with Crippen molar-refractivity contribution in [2.75, 3.05) is 19.7 Å². The van der Waals surface area contributed by atoms with E-state index >= 15 is 0 Å². The predicted octanol–water partition coefficient (Wildman–Crippen LogP) is 1.74. The molecule has 3 heterocycles. The molecule has 0 spiro atoms. The van der Waals surface area contributed by atoms with E-state index in [0.717, 1.165) is 49.6 Å². The zero-order chi connectivity index (χ0) is 14.5. The van der Waals surface area contributed by atoms with E-state index in [4.69, 9.17) is 0 Å². The zero-order valence-corrected chi connectivity index (χ0v) is 12.0. The molecule has 1 aliphatic rings. The fourth-order valence-corrected chi connectivity index (χ4v) is 2.80. The number of rotatable bonds is 4. The third-order valence-electron chi connectivity index (χ3n) is 3.90. The molecule has 1 atom stereocenters. The van der Waals surface area contributed by atoms with Crippen LogP contribution in [0.5, 0.6) is 0 Å². The van der Waals surface area contributed by atoms with Gasteiger partial charge in [-0.1, -0.05) is 0 Å². The van der Waals surface area contributed by atoms with Crippen LogP contribution < -0.4 is 0 Å². The van der Waals surface area contributed by atoms with Crippen LogP contribution >= 0.6 is 0 Å². The largest absolute Gasteiger partial charge is 0.396 e. The topological polar surface area (TPSA) is 62.1 Å². The van der Waals surface area contributed by atoms with Crippen molar-refractivity contribution in [3.8, 4) is 11.4 Å². The van der Waals surface area contributed by atoms with Crippen molar-refractivity contribution in [2.45, 2.75) is 19.4 Å². The molecule has 5 heteroatoms. The molecule has 2 aromatic heterocycles. The molecule has 0 amide bonds. The number of aliphatic hydroxyl groups is 1. The molecule has 1 saturated heterocycles. The smallest absolute Gasteiger partial charge is 0.159 e. The molecule has 110 valence electrons. The maximum atomic E-state index is 9.31. The van der Waals surface area contributed by atoms with E-state index in [1.165, 1.54) is 0 Å². The van der Waals surface area contributed by atoms with Gasteiger partial charge in [-0.15, -0.1) is 0 Å². The summed E-state index contributed by atoms with van der Waals surface area (Å²) in [5.74, 6) is 1.14. The number of aliphatic hydroxyl groups excluding tert-OH is 1. The van der Waals surface area contributed by atoms with Gasteiger partial charge in [-0.2, -0.15) is 0 Å². The quantitative estimate of drug-likeness (QED) is 0.926. The van der Waals surface area contributed by atoms with Crippen molar-refractivity contribution in [1.29, 1.82) is 0 Å². The number of hydrogen-bond acceptors (Lipinski definition) is 5. The number of aromatic nitrogens is 3. The Hall–Kier alpha value is -1.85. The number of likely N-dealkylation sites (tertiary alicyclic amines) is 1. The van der Waals surface area contributed by atoms with Gasteiger partial charge < -0.3 is 5.11 Å². The van der Waals surface area contributed by atoms with Gasteiger partial charge in [0.1, 0.15) is 0 Å². The zero-order valence-electron chi connectivity index (χ0n) is 12.0. The fraction of sp³-hybridized carbons (Fsp3) is 0.438. The van der Waals surface area contributed by atoms with E-state index in [-0.39, 0.29) is 6.61 Å². The van der Waals surface area contributed by atoms with E-state index in [1.807, 2.05) is 24.4 Å². The second kappa shape index (κ2) is 6.74. The molecule has 0 radical (unpaired) electrons. The molecule has 1 unspecified atom stereocenters. The van der Waals surface area contributed by atoms with Crippen LogP contribution in [0.15, 0.2) is 36.8 Å². The third-order valence-corrected chi connectivity index (χ3v) is 3.90. The molecular weight excluding hydrogens is 264 g/mol. The minimum atomic E-state index is 0.280. The Morgan fingerprint density at radius 3 is 2.86 bits per heavy atom.